The van der Waals surface area contributed by atoms with E-state index in [0.29, 0.717) is 5.82 Å². The summed E-state index contributed by atoms with van der Waals surface area (Å²) in [5.74, 6) is -0.357. The predicted molar refractivity (Wildman–Crippen MR) is 75.4 cm³/mol. The van der Waals surface area contributed by atoms with Gasteiger partial charge in [-0.3, -0.25) is 0 Å². The normalized spacial score (nSPS) is 14.5. The van der Waals surface area contributed by atoms with Crippen LogP contribution >= 0.6 is 0 Å². The summed E-state index contributed by atoms with van der Waals surface area (Å²) in [6.07, 6.45) is 3.29. The largest absolute Gasteiger partial charge is 0.476 e. The van der Waals surface area contributed by atoms with E-state index in [9.17, 15) is 4.79 Å². The SMILES string of the molecule is O=C(O)c1ccc(N2CCCCc3ccccc32)nn1. The van der Waals surface area contributed by atoms with E-state index in [2.05, 4.69) is 27.2 Å². The van der Waals surface area contributed by atoms with Gasteiger partial charge >= 0.3 is 5.97 Å². The van der Waals surface area contributed by atoms with Crippen LogP contribution in [0, 0.1) is 0 Å². The summed E-state index contributed by atoms with van der Waals surface area (Å²) in [7, 11) is 0. The van der Waals surface area contributed by atoms with Gasteiger partial charge in [0.15, 0.2) is 11.5 Å². The molecule has 1 aromatic heterocycles. The highest BCUT2D eigenvalue weighted by atomic mass is 16.4. The van der Waals surface area contributed by atoms with Crippen molar-refractivity contribution in [1.82, 2.24) is 10.2 Å². The quantitative estimate of drug-likeness (QED) is 0.907. The lowest BCUT2D eigenvalue weighted by molar-refractivity contribution is 0.0689. The molecule has 1 aliphatic heterocycles. The van der Waals surface area contributed by atoms with Gasteiger partial charge in [0, 0.05) is 12.2 Å². The first-order chi connectivity index (χ1) is 9.75. The van der Waals surface area contributed by atoms with Crippen LogP contribution in [0.4, 0.5) is 11.5 Å². The molecule has 102 valence electrons. The molecular formula is C15H15N3O2. The number of aryl methyl sites for hydroxylation is 1. The molecule has 1 N–H and O–H groups in total. The number of hydrogen-bond acceptors (Lipinski definition) is 4. The van der Waals surface area contributed by atoms with Crippen LogP contribution < -0.4 is 4.90 Å². The maximum Gasteiger partial charge on any atom is 0.356 e. The zero-order chi connectivity index (χ0) is 13.9. The number of nitrogens with zero attached hydrogens (tertiary/aromatic N) is 3. The molecule has 3 rings (SSSR count). The molecule has 0 atom stereocenters. The lowest BCUT2D eigenvalue weighted by atomic mass is 10.1. The van der Waals surface area contributed by atoms with Gasteiger partial charge in [-0.25, -0.2) is 4.79 Å². The van der Waals surface area contributed by atoms with E-state index in [1.807, 2.05) is 12.1 Å². The third kappa shape index (κ3) is 2.34. The van der Waals surface area contributed by atoms with E-state index >= 15 is 0 Å². The highest BCUT2D eigenvalue weighted by molar-refractivity contribution is 5.85. The number of carboxylic acid groups (broad SMARTS) is 1. The van der Waals surface area contributed by atoms with Crippen LogP contribution in [0.5, 0.6) is 0 Å². The average Bonchev–Trinajstić information content (AvgIpc) is 2.69. The van der Waals surface area contributed by atoms with Gasteiger partial charge in [0.1, 0.15) is 0 Å². The summed E-state index contributed by atoms with van der Waals surface area (Å²) in [6.45, 7) is 0.873. The van der Waals surface area contributed by atoms with Crippen molar-refractivity contribution in [2.45, 2.75) is 19.3 Å². The van der Waals surface area contributed by atoms with Crippen molar-refractivity contribution in [3.8, 4) is 0 Å². The van der Waals surface area contributed by atoms with Crippen molar-refractivity contribution < 1.29 is 9.90 Å². The van der Waals surface area contributed by atoms with E-state index in [1.165, 1.54) is 11.6 Å². The molecule has 2 heterocycles. The summed E-state index contributed by atoms with van der Waals surface area (Å²) in [5.41, 5.74) is 2.41. The van der Waals surface area contributed by atoms with Crippen LogP contribution in [0.25, 0.3) is 0 Å². The van der Waals surface area contributed by atoms with Gasteiger partial charge in [0.25, 0.3) is 0 Å². The van der Waals surface area contributed by atoms with Crippen molar-refractivity contribution in [2.24, 2.45) is 0 Å². The molecule has 0 fully saturated rings. The van der Waals surface area contributed by atoms with Gasteiger partial charge in [-0.15, -0.1) is 10.2 Å². The molecular weight excluding hydrogens is 254 g/mol. The summed E-state index contributed by atoms with van der Waals surface area (Å²) in [6, 6.07) is 11.5. The molecule has 0 amide bonds. The lowest BCUT2D eigenvalue weighted by Gasteiger charge is -2.23. The second-order valence-electron chi connectivity index (χ2n) is 4.82. The molecule has 0 radical (unpaired) electrons. The average molecular weight is 269 g/mol. The lowest BCUT2D eigenvalue weighted by Crippen LogP contribution is -2.20. The Kier molecular flexibility index (Phi) is 3.33. The topological polar surface area (TPSA) is 66.3 Å². The standard InChI is InChI=1S/C15H15N3O2/c19-15(20)12-8-9-14(17-16-12)18-10-4-3-6-11-5-1-2-7-13(11)18/h1-2,5,7-9H,3-4,6,10H2,(H,19,20). The van der Waals surface area contributed by atoms with E-state index in [1.54, 1.807) is 6.07 Å². The Balaban J connectivity index is 1.98. The fourth-order valence-electron chi connectivity index (χ4n) is 2.51. The van der Waals surface area contributed by atoms with Crippen molar-refractivity contribution in [1.29, 1.82) is 0 Å². The van der Waals surface area contributed by atoms with E-state index < -0.39 is 5.97 Å². The summed E-state index contributed by atoms with van der Waals surface area (Å²) in [4.78, 5) is 12.9. The molecule has 0 unspecified atom stereocenters. The third-order valence-electron chi connectivity index (χ3n) is 3.51. The molecule has 0 saturated carbocycles. The second-order valence-corrected chi connectivity index (χ2v) is 4.82. The van der Waals surface area contributed by atoms with Crippen molar-refractivity contribution in [3.63, 3.8) is 0 Å². The molecule has 1 aliphatic rings. The van der Waals surface area contributed by atoms with Crippen LogP contribution in [0.2, 0.25) is 0 Å². The molecule has 5 nitrogen and oxygen atoms in total. The highest BCUT2D eigenvalue weighted by Gasteiger charge is 2.18. The maximum absolute atomic E-state index is 10.8. The van der Waals surface area contributed by atoms with Gasteiger partial charge in [0.05, 0.1) is 0 Å². The molecule has 0 bridgehead atoms. The number of para-hydroxylation sites is 1. The van der Waals surface area contributed by atoms with E-state index in [0.717, 1.165) is 31.5 Å². The molecule has 2 aromatic rings. The zero-order valence-electron chi connectivity index (χ0n) is 11.0. The highest BCUT2D eigenvalue weighted by Crippen LogP contribution is 2.30. The van der Waals surface area contributed by atoms with Crippen LogP contribution in [-0.2, 0) is 6.42 Å². The van der Waals surface area contributed by atoms with Gasteiger partial charge in [0.2, 0.25) is 0 Å². The Morgan fingerprint density at radius 1 is 1.10 bits per heavy atom. The van der Waals surface area contributed by atoms with Crippen LogP contribution in [-0.4, -0.2) is 27.8 Å². The first kappa shape index (κ1) is 12.6. The van der Waals surface area contributed by atoms with Gasteiger partial charge in [-0.1, -0.05) is 18.2 Å². The van der Waals surface area contributed by atoms with Crippen LogP contribution in [0.3, 0.4) is 0 Å². The van der Waals surface area contributed by atoms with Crippen molar-refractivity contribution >= 4 is 17.5 Å². The molecule has 0 aliphatic carbocycles. The number of aromatic nitrogens is 2. The number of anilines is 2. The fourth-order valence-corrected chi connectivity index (χ4v) is 2.51. The van der Waals surface area contributed by atoms with Crippen molar-refractivity contribution in [3.05, 3.63) is 47.7 Å². The number of carboxylic acids is 1. The maximum atomic E-state index is 10.8. The smallest absolute Gasteiger partial charge is 0.356 e. The number of carbonyl (C=O) groups is 1. The number of rotatable bonds is 2. The first-order valence-corrected chi connectivity index (χ1v) is 6.68. The minimum atomic E-state index is -1.06. The van der Waals surface area contributed by atoms with Crippen molar-refractivity contribution in [2.75, 3.05) is 11.4 Å². The number of fused-ring (bicyclic) bond motifs is 1. The van der Waals surface area contributed by atoms with Crippen LogP contribution in [0.15, 0.2) is 36.4 Å². The summed E-state index contributed by atoms with van der Waals surface area (Å²) >= 11 is 0. The number of hydrogen-bond donors (Lipinski definition) is 1. The summed E-state index contributed by atoms with van der Waals surface area (Å²) in [5, 5.41) is 16.7. The minimum absolute atomic E-state index is 0.0307. The van der Waals surface area contributed by atoms with Gasteiger partial charge in [-0.2, -0.15) is 0 Å². The Hall–Kier alpha value is -2.43. The van der Waals surface area contributed by atoms with E-state index in [4.69, 9.17) is 5.11 Å². The Morgan fingerprint density at radius 2 is 1.95 bits per heavy atom. The minimum Gasteiger partial charge on any atom is -0.476 e. The molecule has 0 spiro atoms. The number of benzene rings is 1. The Morgan fingerprint density at radius 3 is 2.70 bits per heavy atom. The molecule has 0 saturated heterocycles. The monoisotopic (exact) mass is 269 g/mol. The van der Waals surface area contributed by atoms with Crippen LogP contribution in [0.1, 0.15) is 28.9 Å². The van der Waals surface area contributed by atoms with E-state index in [-0.39, 0.29) is 5.69 Å². The number of aromatic carboxylic acids is 1. The second kappa shape index (κ2) is 5.28. The first-order valence-electron chi connectivity index (χ1n) is 6.68. The Bertz CT molecular complexity index is 625. The molecule has 20 heavy (non-hydrogen) atoms. The van der Waals surface area contributed by atoms with Gasteiger partial charge in [-0.05, 0) is 43.0 Å². The third-order valence-corrected chi connectivity index (χ3v) is 3.51. The Labute approximate surface area is 116 Å². The molecule has 1 aromatic carbocycles. The van der Waals surface area contributed by atoms with Gasteiger partial charge < -0.3 is 10.0 Å². The summed E-state index contributed by atoms with van der Waals surface area (Å²) < 4.78 is 0. The predicted octanol–water partition coefficient (Wildman–Crippen LogP) is 2.65. The fraction of sp³-hybridized carbons (Fsp3) is 0.267. The molecule has 5 heteroatoms. The zero-order valence-corrected chi connectivity index (χ0v) is 11.0.